The maximum Gasteiger partial charge on any atom is 0.247 e. The summed E-state index contributed by atoms with van der Waals surface area (Å²) in [5.41, 5.74) is 4.45. The number of benzene rings is 2. The monoisotopic (exact) mass is 436 g/mol. The van der Waals surface area contributed by atoms with Crippen LogP contribution in [0.5, 0.6) is 0 Å². The minimum Gasteiger partial charge on any atom is -0.309 e. The van der Waals surface area contributed by atoms with Crippen LogP contribution in [0.1, 0.15) is 35.6 Å². The topological polar surface area (TPSA) is 106 Å². The quantitative estimate of drug-likeness (QED) is 0.379. The second-order valence-electron chi connectivity index (χ2n) is 7.80. The molecule has 33 heavy (non-hydrogen) atoms. The molecular formula is C26H24N6O. The molecule has 0 saturated carbocycles. The number of anilines is 1. The van der Waals surface area contributed by atoms with Crippen molar-refractivity contribution in [2.75, 3.05) is 11.9 Å². The Morgan fingerprint density at radius 3 is 2.42 bits per heavy atom. The second kappa shape index (κ2) is 10.4. The maximum atomic E-state index is 13.2. The van der Waals surface area contributed by atoms with E-state index in [1.54, 1.807) is 24.7 Å². The fourth-order valence-electron chi connectivity index (χ4n) is 3.55. The summed E-state index contributed by atoms with van der Waals surface area (Å²) in [6, 6.07) is 22.4. The van der Waals surface area contributed by atoms with Crippen LogP contribution in [0.4, 0.5) is 5.82 Å². The standard InChI is InChI=1S/C26H24N6O/c1-18(20-9-7-19(13-27)8-10-20)14-29-25(21-5-3-2-4-6-21)26(33)32-24-12-11-22(15-28-24)23-16-30-31-17-23/h2-12,15-18,25,29H,14H2,1H3,(H,30,31)(H,28,32,33)/t18-,25-/m0/s1. The van der Waals surface area contributed by atoms with Crippen LogP contribution in [-0.2, 0) is 4.79 Å². The van der Waals surface area contributed by atoms with Gasteiger partial charge in [-0.05, 0) is 41.3 Å². The number of hydrogen-bond acceptors (Lipinski definition) is 5. The molecule has 0 aliphatic rings. The molecule has 0 radical (unpaired) electrons. The summed E-state index contributed by atoms with van der Waals surface area (Å²) >= 11 is 0. The third-order valence-corrected chi connectivity index (χ3v) is 5.48. The number of carbonyl (C=O) groups excluding carboxylic acids is 1. The van der Waals surface area contributed by atoms with Crippen LogP contribution in [0, 0.1) is 11.3 Å². The molecule has 7 nitrogen and oxygen atoms in total. The molecular weight excluding hydrogens is 412 g/mol. The predicted molar refractivity (Wildman–Crippen MR) is 127 cm³/mol. The number of hydrogen-bond donors (Lipinski definition) is 3. The van der Waals surface area contributed by atoms with Crippen molar-refractivity contribution in [1.29, 1.82) is 5.26 Å². The Labute approximate surface area is 192 Å². The number of carbonyl (C=O) groups is 1. The first-order valence-corrected chi connectivity index (χ1v) is 10.7. The molecule has 1 amide bonds. The van der Waals surface area contributed by atoms with E-state index in [-0.39, 0.29) is 11.8 Å². The fraction of sp³-hybridized carbons (Fsp3) is 0.154. The van der Waals surface area contributed by atoms with E-state index in [4.69, 9.17) is 5.26 Å². The summed E-state index contributed by atoms with van der Waals surface area (Å²) in [5, 5.41) is 22.0. The number of nitrogens with one attached hydrogen (secondary N) is 3. The van der Waals surface area contributed by atoms with Gasteiger partial charge in [0.1, 0.15) is 11.9 Å². The van der Waals surface area contributed by atoms with Gasteiger partial charge >= 0.3 is 0 Å². The van der Waals surface area contributed by atoms with Gasteiger partial charge < -0.3 is 10.6 Å². The Hall–Kier alpha value is -4.28. The zero-order chi connectivity index (χ0) is 23.0. The van der Waals surface area contributed by atoms with Gasteiger partial charge in [0.05, 0.1) is 17.8 Å². The van der Waals surface area contributed by atoms with Gasteiger partial charge in [0, 0.05) is 30.1 Å². The van der Waals surface area contributed by atoms with Crippen molar-refractivity contribution < 1.29 is 4.79 Å². The van der Waals surface area contributed by atoms with Crippen LogP contribution in [0.2, 0.25) is 0 Å². The molecule has 0 spiro atoms. The molecule has 2 aromatic heterocycles. The number of amides is 1. The first-order chi connectivity index (χ1) is 16.1. The minimum atomic E-state index is -0.539. The number of pyridine rings is 1. The third-order valence-electron chi connectivity index (χ3n) is 5.48. The summed E-state index contributed by atoms with van der Waals surface area (Å²) in [5.74, 6) is 0.455. The van der Waals surface area contributed by atoms with Gasteiger partial charge in [-0.3, -0.25) is 9.89 Å². The molecule has 3 N–H and O–H groups in total. The zero-order valence-electron chi connectivity index (χ0n) is 18.2. The van der Waals surface area contributed by atoms with Crippen molar-refractivity contribution in [3.8, 4) is 17.2 Å². The highest BCUT2D eigenvalue weighted by Crippen LogP contribution is 2.21. The highest BCUT2D eigenvalue weighted by atomic mass is 16.2. The summed E-state index contributed by atoms with van der Waals surface area (Å²) in [6.45, 7) is 2.68. The van der Waals surface area contributed by atoms with Gasteiger partial charge in [-0.25, -0.2) is 4.98 Å². The van der Waals surface area contributed by atoms with Crippen LogP contribution >= 0.6 is 0 Å². The first kappa shape index (κ1) is 21.9. The summed E-state index contributed by atoms with van der Waals surface area (Å²) in [4.78, 5) is 17.6. The second-order valence-corrected chi connectivity index (χ2v) is 7.80. The lowest BCUT2D eigenvalue weighted by Crippen LogP contribution is -2.35. The van der Waals surface area contributed by atoms with Crippen molar-refractivity contribution in [2.45, 2.75) is 18.9 Å². The lowest BCUT2D eigenvalue weighted by Gasteiger charge is -2.21. The molecule has 164 valence electrons. The summed E-state index contributed by atoms with van der Waals surface area (Å²) in [7, 11) is 0. The molecule has 2 atom stereocenters. The van der Waals surface area contributed by atoms with Crippen molar-refractivity contribution in [3.63, 3.8) is 0 Å². The highest BCUT2D eigenvalue weighted by Gasteiger charge is 2.21. The van der Waals surface area contributed by atoms with E-state index in [1.165, 1.54) is 0 Å². The van der Waals surface area contributed by atoms with Crippen molar-refractivity contribution in [3.05, 3.63) is 102 Å². The van der Waals surface area contributed by atoms with Crippen LogP contribution in [0.15, 0.2) is 85.3 Å². The van der Waals surface area contributed by atoms with Crippen molar-refractivity contribution in [1.82, 2.24) is 20.5 Å². The van der Waals surface area contributed by atoms with E-state index in [1.807, 2.05) is 60.7 Å². The molecule has 4 aromatic rings. The number of nitriles is 1. The van der Waals surface area contributed by atoms with Crippen LogP contribution in [0.3, 0.4) is 0 Å². The Bertz CT molecular complexity index is 1210. The number of nitrogens with zero attached hydrogens (tertiary/aromatic N) is 3. The van der Waals surface area contributed by atoms with Crippen LogP contribution in [-0.4, -0.2) is 27.6 Å². The fourth-order valence-corrected chi connectivity index (χ4v) is 3.55. The molecule has 2 aromatic carbocycles. The van der Waals surface area contributed by atoms with E-state index >= 15 is 0 Å². The van der Waals surface area contributed by atoms with E-state index in [0.29, 0.717) is 17.9 Å². The molecule has 0 aliphatic heterocycles. The molecule has 2 heterocycles. The maximum absolute atomic E-state index is 13.2. The molecule has 0 saturated heterocycles. The van der Waals surface area contributed by atoms with Gasteiger partial charge in [0.2, 0.25) is 5.91 Å². The molecule has 0 unspecified atom stereocenters. The SMILES string of the molecule is C[C@@H](CN[C@H](C(=O)Nc1ccc(-c2cn[nH]c2)cn1)c1ccccc1)c1ccc(C#N)cc1. The Morgan fingerprint density at radius 1 is 1.00 bits per heavy atom. The van der Waals surface area contributed by atoms with E-state index in [0.717, 1.165) is 22.3 Å². The number of rotatable bonds is 8. The summed E-state index contributed by atoms with van der Waals surface area (Å²) in [6.07, 6.45) is 5.22. The minimum absolute atomic E-state index is 0.157. The average Bonchev–Trinajstić information content (AvgIpc) is 3.40. The smallest absolute Gasteiger partial charge is 0.247 e. The third kappa shape index (κ3) is 5.50. The number of aromatic nitrogens is 3. The predicted octanol–water partition coefficient (Wildman–Crippen LogP) is 4.42. The number of H-pyrrole nitrogens is 1. The van der Waals surface area contributed by atoms with Crippen molar-refractivity contribution >= 4 is 11.7 Å². The van der Waals surface area contributed by atoms with Gasteiger partial charge in [-0.2, -0.15) is 10.4 Å². The van der Waals surface area contributed by atoms with Gasteiger partial charge in [-0.1, -0.05) is 49.4 Å². The molecule has 7 heteroatoms. The van der Waals surface area contributed by atoms with Crippen molar-refractivity contribution in [2.24, 2.45) is 0 Å². The van der Waals surface area contributed by atoms with E-state index in [2.05, 4.69) is 38.8 Å². The normalized spacial score (nSPS) is 12.5. The van der Waals surface area contributed by atoms with Crippen LogP contribution in [0.25, 0.3) is 11.1 Å². The molecule has 0 bridgehead atoms. The first-order valence-electron chi connectivity index (χ1n) is 10.7. The largest absolute Gasteiger partial charge is 0.309 e. The zero-order valence-corrected chi connectivity index (χ0v) is 18.2. The Balaban J connectivity index is 1.46. The van der Waals surface area contributed by atoms with Gasteiger partial charge in [0.25, 0.3) is 0 Å². The van der Waals surface area contributed by atoms with E-state index in [9.17, 15) is 4.79 Å². The molecule has 0 aliphatic carbocycles. The van der Waals surface area contributed by atoms with Gasteiger partial charge in [-0.15, -0.1) is 0 Å². The number of aromatic amines is 1. The average molecular weight is 437 g/mol. The lowest BCUT2D eigenvalue weighted by atomic mass is 9.98. The van der Waals surface area contributed by atoms with E-state index < -0.39 is 6.04 Å². The lowest BCUT2D eigenvalue weighted by molar-refractivity contribution is -0.118. The van der Waals surface area contributed by atoms with Crippen LogP contribution < -0.4 is 10.6 Å². The Morgan fingerprint density at radius 2 is 1.79 bits per heavy atom. The summed E-state index contributed by atoms with van der Waals surface area (Å²) < 4.78 is 0. The molecule has 4 rings (SSSR count). The highest BCUT2D eigenvalue weighted by molar-refractivity contribution is 5.95. The molecule has 0 fully saturated rings. The Kier molecular flexibility index (Phi) is 6.88. The van der Waals surface area contributed by atoms with Gasteiger partial charge in [0.15, 0.2) is 0 Å².